The zero-order valence-corrected chi connectivity index (χ0v) is 7.50. The van der Waals surface area contributed by atoms with Crippen molar-refractivity contribution >= 4 is 0 Å². The molecule has 1 atom stereocenters. The quantitative estimate of drug-likeness (QED) is 0.769. The maximum absolute atomic E-state index is 12.3. The van der Waals surface area contributed by atoms with Crippen molar-refractivity contribution in [3.63, 3.8) is 0 Å². The van der Waals surface area contributed by atoms with E-state index in [9.17, 15) is 8.78 Å². The second kappa shape index (κ2) is 4.33. The van der Waals surface area contributed by atoms with Crippen LogP contribution in [0.25, 0.3) is 0 Å². The van der Waals surface area contributed by atoms with Crippen LogP contribution >= 0.6 is 0 Å². The first-order valence-electron chi connectivity index (χ1n) is 4.23. The Labute approximate surface area is 76.6 Å². The molecule has 0 aliphatic heterocycles. The summed E-state index contributed by atoms with van der Waals surface area (Å²) in [6.45, 7) is 2.40. The summed E-state index contributed by atoms with van der Waals surface area (Å²) in [6, 6.07) is 6.41. The van der Waals surface area contributed by atoms with Crippen LogP contribution in [0.4, 0.5) is 8.78 Å². The molecule has 1 unspecified atom stereocenters. The van der Waals surface area contributed by atoms with Gasteiger partial charge in [-0.3, -0.25) is 0 Å². The maximum Gasteiger partial charge on any atom is 0.263 e. The number of hydrogen-bond acceptors (Lipinski definition) is 1. The first-order valence-corrected chi connectivity index (χ1v) is 4.23. The summed E-state index contributed by atoms with van der Waals surface area (Å²) in [5.41, 5.74) is 6.39. The molecule has 0 heterocycles. The minimum Gasteiger partial charge on any atom is -0.330 e. The fourth-order valence-corrected chi connectivity index (χ4v) is 1.14. The molecule has 0 saturated heterocycles. The molecule has 0 spiro atoms. The SMILES string of the molecule is CC(CN)c1cccc(C(F)F)c1. The second-order valence-corrected chi connectivity index (χ2v) is 3.11. The standard InChI is InChI=1S/C10H13F2N/c1-7(6-13)8-3-2-4-9(5-8)10(11)12/h2-5,7,10H,6,13H2,1H3. The Kier molecular flexibility index (Phi) is 3.37. The molecular weight excluding hydrogens is 172 g/mol. The molecule has 0 radical (unpaired) electrons. The molecule has 0 saturated carbocycles. The van der Waals surface area contributed by atoms with Crippen molar-refractivity contribution in [2.24, 2.45) is 5.73 Å². The Hall–Kier alpha value is -0.960. The van der Waals surface area contributed by atoms with Gasteiger partial charge in [0.15, 0.2) is 0 Å². The highest BCUT2D eigenvalue weighted by Gasteiger charge is 2.09. The second-order valence-electron chi connectivity index (χ2n) is 3.11. The van der Waals surface area contributed by atoms with Crippen molar-refractivity contribution in [2.75, 3.05) is 6.54 Å². The van der Waals surface area contributed by atoms with Gasteiger partial charge in [-0.15, -0.1) is 0 Å². The van der Waals surface area contributed by atoms with E-state index < -0.39 is 6.43 Å². The molecule has 0 aliphatic carbocycles. The fourth-order valence-electron chi connectivity index (χ4n) is 1.14. The van der Waals surface area contributed by atoms with E-state index >= 15 is 0 Å². The Morgan fingerprint density at radius 3 is 2.46 bits per heavy atom. The van der Waals surface area contributed by atoms with Gasteiger partial charge in [0.05, 0.1) is 0 Å². The Morgan fingerprint density at radius 1 is 1.31 bits per heavy atom. The van der Waals surface area contributed by atoms with Crippen LogP contribution in [-0.2, 0) is 0 Å². The average molecular weight is 185 g/mol. The highest BCUT2D eigenvalue weighted by molar-refractivity contribution is 5.26. The molecular formula is C10H13F2N. The third-order valence-electron chi connectivity index (χ3n) is 2.09. The van der Waals surface area contributed by atoms with Crippen molar-refractivity contribution in [1.82, 2.24) is 0 Å². The predicted octanol–water partition coefficient (Wildman–Crippen LogP) is 2.69. The molecule has 72 valence electrons. The van der Waals surface area contributed by atoms with E-state index in [0.29, 0.717) is 6.54 Å². The van der Waals surface area contributed by atoms with Crippen LogP contribution in [0.2, 0.25) is 0 Å². The lowest BCUT2D eigenvalue weighted by atomic mass is 9.99. The molecule has 0 bridgehead atoms. The summed E-state index contributed by atoms with van der Waals surface area (Å²) in [5, 5.41) is 0. The molecule has 1 nitrogen and oxygen atoms in total. The molecule has 13 heavy (non-hydrogen) atoms. The largest absolute Gasteiger partial charge is 0.330 e. The number of rotatable bonds is 3. The van der Waals surface area contributed by atoms with Crippen LogP contribution in [-0.4, -0.2) is 6.54 Å². The summed E-state index contributed by atoms with van der Waals surface area (Å²) in [7, 11) is 0. The van der Waals surface area contributed by atoms with Crippen molar-refractivity contribution in [1.29, 1.82) is 0 Å². The molecule has 2 N–H and O–H groups in total. The Balaban J connectivity index is 2.91. The van der Waals surface area contributed by atoms with E-state index in [1.165, 1.54) is 12.1 Å². The lowest BCUT2D eigenvalue weighted by Gasteiger charge is -2.09. The van der Waals surface area contributed by atoms with Gasteiger partial charge in [0.25, 0.3) is 6.43 Å². The van der Waals surface area contributed by atoms with Gasteiger partial charge in [-0.25, -0.2) is 8.78 Å². The van der Waals surface area contributed by atoms with E-state index in [0.717, 1.165) is 5.56 Å². The number of halogens is 2. The number of hydrogen-bond donors (Lipinski definition) is 1. The molecule has 1 rings (SSSR count). The molecule has 1 aromatic rings. The summed E-state index contributed by atoms with van der Waals surface area (Å²) in [5.74, 6) is 0.138. The van der Waals surface area contributed by atoms with E-state index in [-0.39, 0.29) is 11.5 Å². The van der Waals surface area contributed by atoms with Gasteiger partial charge >= 0.3 is 0 Å². The first kappa shape index (κ1) is 10.1. The Bertz CT molecular complexity index is 273. The summed E-state index contributed by atoms with van der Waals surface area (Å²) >= 11 is 0. The lowest BCUT2D eigenvalue weighted by Crippen LogP contribution is -2.08. The number of nitrogens with two attached hydrogens (primary N) is 1. The average Bonchev–Trinajstić information content (AvgIpc) is 2.17. The summed E-state index contributed by atoms with van der Waals surface area (Å²) < 4.78 is 24.6. The molecule has 0 aromatic heterocycles. The van der Waals surface area contributed by atoms with Gasteiger partial charge in [0, 0.05) is 5.56 Å². The van der Waals surface area contributed by atoms with Crippen LogP contribution < -0.4 is 5.73 Å². The molecule has 1 aromatic carbocycles. The minimum atomic E-state index is -2.40. The minimum absolute atomic E-state index is 0.0674. The van der Waals surface area contributed by atoms with Crippen LogP contribution in [0.15, 0.2) is 24.3 Å². The topological polar surface area (TPSA) is 26.0 Å². The normalized spacial score (nSPS) is 13.3. The van der Waals surface area contributed by atoms with Crippen LogP contribution in [0.1, 0.15) is 30.4 Å². The van der Waals surface area contributed by atoms with Crippen LogP contribution in [0.5, 0.6) is 0 Å². The zero-order chi connectivity index (χ0) is 9.84. The first-order chi connectivity index (χ1) is 6.15. The van der Waals surface area contributed by atoms with Gasteiger partial charge in [0.2, 0.25) is 0 Å². The number of benzene rings is 1. The van der Waals surface area contributed by atoms with Crippen LogP contribution in [0, 0.1) is 0 Å². The summed E-state index contributed by atoms with van der Waals surface area (Å²) in [4.78, 5) is 0. The van der Waals surface area contributed by atoms with Gasteiger partial charge in [0.1, 0.15) is 0 Å². The highest BCUT2D eigenvalue weighted by atomic mass is 19.3. The monoisotopic (exact) mass is 185 g/mol. The highest BCUT2D eigenvalue weighted by Crippen LogP contribution is 2.22. The predicted molar refractivity (Wildman–Crippen MR) is 48.9 cm³/mol. The third-order valence-corrected chi connectivity index (χ3v) is 2.09. The van der Waals surface area contributed by atoms with Gasteiger partial charge in [-0.2, -0.15) is 0 Å². The van der Waals surface area contributed by atoms with Crippen molar-refractivity contribution in [3.8, 4) is 0 Å². The Morgan fingerprint density at radius 2 is 1.92 bits per heavy atom. The smallest absolute Gasteiger partial charge is 0.263 e. The molecule has 3 heteroatoms. The summed E-state index contributed by atoms with van der Waals surface area (Å²) in [6.07, 6.45) is -2.40. The fraction of sp³-hybridized carbons (Fsp3) is 0.400. The van der Waals surface area contributed by atoms with E-state index in [2.05, 4.69) is 0 Å². The molecule has 0 fully saturated rings. The van der Waals surface area contributed by atoms with Gasteiger partial charge < -0.3 is 5.73 Å². The molecule has 0 amide bonds. The van der Waals surface area contributed by atoms with Crippen molar-refractivity contribution in [3.05, 3.63) is 35.4 Å². The van der Waals surface area contributed by atoms with E-state index in [4.69, 9.17) is 5.73 Å². The van der Waals surface area contributed by atoms with Gasteiger partial charge in [-0.1, -0.05) is 25.1 Å². The van der Waals surface area contributed by atoms with Crippen molar-refractivity contribution in [2.45, 2.75) is 19.3 Å². The van der Waals surface area contributed by atoms with E-state index in [1.807, 2.05) is 13.0 Å². The lowest BCUT2D eigenvalue weighted by molar-refractivity contribution is 0.151. The molecule has 0 aliphatic rings. The maximum atomic E-state index is 12.3. The van der Waals surface area contributed by atoms with Crippen LogP contribution in [0.3, 0.4) is 0 Å². The zero-order valence-electron chi connectivity index (χ0n) is 7.50. The number of alkyl halides is 2. The van der Waals surface area contributed by atoms with Crippen molar-refractivity contribution < 1.29 is 8.78 Å². The van der Waals surface area contributed by atoms with Gasteiger partial charge in [-0.05, 0) is 24.1 Å². The van der Waals surface area contributed by atoms with E-state index in [1.54, 1.807) is 6.07 Å². The third kappa shape index (κ3) is 2.49.